The van der Waals surface area contributed by atoms with Gasteiger partial charge in [-0.2, -0.15) is 0 Å². The van der Waals surface area contributed by atoms with Crippen molar-refractivity contribution in [2.45, 2.75) is 23.6 Å². The molecule has 0 spiro atoms. The van der Waals surface area contributed by atoms with Gasteiger partial charge in [0.1, 0.15) is 23.8 Å². The molecule has 1 N–H and O–H groups in total. The number of benzene rings is 2. The van der Waals surface area contributed by atoms with E-state index in [2.05, 4.69) is 11.7 Å². The maximum Gasteiger partial charge on any atom is 0.210 e. The number of aliphatic hydroxyl groups excluding tert-OH is 1. The van der Waals surface area contributed by atoms with Gasteiger partial charge in [0.15, 0.2) is 0 Å². The summed E-state index contributed by atoms with van der Waals surface area (Å²) in [6.07, 6.45) is 0. The second-order valence-electron chi connectivity index (χ2n) is 5.47. The van der Waals surface area contributed by atoms with Crippen LogP contribution in [-0.4, -0.2) is 29.8 Å². The third kappa shape index (κ3) is 6.06. The summed E-state index contributed by atoms with van der Waals surface area (Å²) in [7, 11) is 0. The summed E-state index contributed by atoms with van der Waals surface area (Å²) in [5, 5.41) is 12.5. The molecule has 0 aliphatic heterocycles. The van der Waals surface area contributed by atoms with Gasteiger partial charge in [0.2, 0.25) is 5.78 Å². The number of nitrogens with zero attached hydrogens (tertiary/aromatic N) is 1. The van der Waals surface area contributed by atoms with Crippen molar-refractivity contribution in [1.82, 2.24) is 0 Å². The van der Waals surface area contributed by atoms with Crippen LogP contribution < -0.4 is 4.74 Å². The number of ketones is 1. The molecule has 2 aromatic carbocycles. The van der Waals surface area contributed by atoms with Gasteiger partial charge in [0, 0.05) is 15.4 Å². The van der Waals surface area contributed by atoms with Gasteiger partial charge in [-0.3, -0.25) is 4.79 Å². The quantitative estimate of drug-likeness (QED) is 0.308. The number of hydrogen-bond donors (Lipinski definition) is 1. The number of oxime groups is 1. The SMILES string of the molecule is C=C(C)O/N=C(\C)C(=O)c1ccc(Sc2ccc(OCCO)cc2)cc1. The Bertz CT molecular complexity index is 782. The number of carbonyl (C=O) groups excluding carboxylic acids is 1. The van der Waals surface area contributed by atoms with E-state index in [1.54, 1.807) is 37.7 Å². The zero-order valence-corrected chi connectivity index (χ0v) is 15.6. The summed E-state index contributed by atoms with van der Waals surface area (Å²) in [6, 6.07) is 14.9. The Morgan fingerprint density at radius 3 is 2.19 bits per heavy atom. The maximum atomic E-state index is 12.3. The molecule has 6 heteroatoms. The van der Waals surface area contributed by atoms with Crippen LogP contribution in [0.5, 0.6) is 5.75 Å². The average molecular weight is 371 g/mol. The highest BCUT2D eigenvalue weighted by molar-refractivity contribution is 7.99. The fourth-order valence-electron chi connectivity index (χ4n) is 1.97. The molecular weight excluding hydrogens is 350 g/mol. The molecule has 0 atom stereocenters. The zero-order chi connectivity index (χ0) is 18.9. The summed E-state index contributed by atoms with van der Waals surface area (Å²) in [4.78, 5) is 19.3. The fraction of sp³-hybridized carbons (Fsp3) is 0.200. The van der Waals surface area contributed by atoms with Gasteiger partial charge in [0.05, 0.1) is 6.61 Å². The van der Waals surface area contributed by atoms with Crippen molar-refractivity contribution in [3.63, 3.8) is 0 Å². The first-order valence-corrected chi connectivity index (χ1v) is 8.84. The minimum Gasteiger partial charge on any atom is -0.491 e. The summed E-state index contributed by atoms with van der Waals surface area (Å²) in [6.45, 7) is 7.11. The lowest BCUT2D eigenvalue weighted by atomic mass is 10.1. The molecule has 0 bridgehead atoms. The normalized spacial score (nSPS) is 11.1. The van der Waals surface area contributed by atoms with Gasteiger partial charge in [-0.25, -0.2) is 0 Å². The van der Waals surface area contributed by atoms with Crippen LogP contribution >= 0.6 is 11.8 Å². The monoisotopic (exact) mass is 371 g/mol. The van der Waals surface area contributed by atoms with E-state index in [0.717, 1.165) is 15.5 Å². The van der Waals surface area contributed by atoms with E-state index >= 15 is 0 Å². The van der Waals surface area contributed by atoms with Gasteiger partial charge in [-0.05, 0) is 62.4 Å². The summed E-state index contributed by atoms with van der Waals surface area (Å²) >= 11 is 1.58. The van der Waals surface area contributed by atoms with Crippen molar-refractivity contribution in [3.05, 3.63) is 66.4 Å². The average Bonchev–Trinajstić information content (AvgIpc) is 2.65. The molecule has 0 aliphatic rings. The minimum absolute atomic E-state index is 0.00885. The van der Waals surface area contributed by atoms with E-state index in [1.165, 1.54) is 0 Å². The number of Topliss-reactive ketones (excluding diaryl/α,β-unsaturated/α-hetero) is 1. The molecule has 2 aromatic rings. The van der Waals surface area contributed by atoms with Crippen molar-refractivity contribution in [1.29, 1.82) is 0 Å². The highest BCUT2D eigenvalue weighted by Gasteiger charge is 2.10. The van der Waals surface area contributed by atoms with Crippen LogP contribution in [0.3, 0.4) is 0 Å². The first kappa shape index (κ1) is 19.8. The standard InChI is InChI=1S/C20H21NO4S/c1-14(2)25-21-15(3)20(23)16-4-8-18(9-5-16)26-19-10-6-17(7-11-19)24-13-12-22/h4-11,22H,1,12-13H2,2-3H3/b21-15+. The fourth-order valence-corrected chi connectivity index (χ4v) is 2.79. The number of ether oxygens (including phenoxy) is 1. The highest BCUT2D eigenvalue weighted by atomic mass is 32.2. The van der Waals surface area contributed by atoms with Crippen molar-refractivity contribution in [3.8, 4) is 5.75 Å². The molecule has 0 heterocycles. The molecule has 0 aromatic heterocycles. The third-order valence-electron chi connectivity index (χ3n) is 3.20. The van der Waals surface area contributed by atoms with E-state index in [0.29, 0.717) is 11.3 Å². The lowest BCUT2D eigenvalue weighted by Crippen LogP contribution is -2.10. The zero-order valence-electron chi connectivity index (χ0n) is 14.8. The maximum absolute atomic E-state index is 12.3. The second kappa shape index (κ2) is 9.79. The Kier molecular flexibility index (Phi) is 7.44. The summed E-state index contributed by atoms with van der Waals surface area (Å²) in [5.74, 6) is 0.959. The first-order valence-electron chi connectivity index (χ1n) is 8.03. The van der Waals surface area contributed by atoms with Gasteiger partial charge < -0.3 is 14.7 Å². The molecule has 26 heavy (non-hydrogen) atoms. The highest BCUT2D eigenvalue weighted by Crippen LogP contribution is 2.29. The van der Waals surface area contributed by atoms with Gasteiger partial charge in [0.25, 0.3) is 0 Å². The minimum atomic E-state index is -0.187. The van der Waals surface area contributed by atoms with Crippen LogP contribution in [0.4, 0.5) is 0 Å². The van der Waals surface area contributed by atoms with E-state index in [1.807, 2.05) is 36.4 Å². The van der Waals surface area contributed by atoms with Crippen LogP contribution in [0.15, 0.2) is 75.8 Å². The number of aliphatic hydroxyl groups is 1. The Morgan fingerprint density at radius 1 is 1.08 bits per heavy atom. The van der Waals surface area contributed by atoms with Gasteiger partial charge in [-0.15, -0.1) is 0 Å². The number of carbonyl (C=O) groups is 1. The molecule has 0 fully saturated rings. The molecule has 0 saturated heterocycles. The molecule has 0 saturated carbocycles. The smallest absolute Gasteiger partial charge is 0.210 e. The second-order valence-corrected chi connectivity index (χ2v) is 6.62. The topological polar surface area (TPSA) is 68.1 Å². The third-order valence-corrected chi connectivity index (χ3v) is 4.22. The Morgan fingerprint density at radius 2 is 1.65 bits per heavy atom. The van der Waals surface area contributed by atoms with Crippen molar-refractivity contribution < 1.29 is 19.5 Å². The largest absolute Gasteiger partial charge is 0.491 e. The van der Waals surface area contributed by atoms with Crippen LogP contribution in [0.1, 0.15) is 24.2 Å². The Labute approximate surface area is 157 Å². The molecule has 2 rings (SSSR count). The molecule has 0 aliphatic carbocycles. The molecule has 5 nitrogen and oxygen atoms in total. The Hall–Kier alpha value is -2.57. The first-order chi connectivity index (χ1) is 12.5. The van der Waals surface area contributed by atoms with Crippen molar-refractivity contribution in [2.24, 2.45) is 5.16 Å². The number of allylic oxidation sites excluding steroid dienone is 1. The Balaban J connectivity index is 1.99. The predicted octanol–water partition coefficient (Wildman–Crippen LogP) is 4.32. The number of rotatable bonds is 9. The predicted molar refractivity (Wildman–Crippen MR) is 103 cm³/mol. The van der Waals surface area contributed by atoms with Crippen LogP contribution in [0.2, 0.25) is 0 Å². The lowest BCUT2D eigenvalue weighted by molar-refractivity contribution is 0.105. The lowest BCUT2D eigenvalue weighted by Gasteiger charge is -2.06. The molecule has 0 radical (unpaired) electrons. The van der Waals surface area contributed by atoms with E-state index in [9.17, 15) is 4.79 Å². The number of hydrogen-bond acceptors (Lipinski definition) is 6. The van der Waals surface area contributed by atoms with Crippen molar-refractivity contribution in [2.75, 3.05) is 13.2 Å². The molecule has 0 unspecified atom stereocenters. The van der Waals surface area contributed by atoms with Gasteiger partial charge >= 0.3 is 0 Å². The summed E-state index contributed by atoms with van der Waals surface area (Å²) < 4.78 is 5.34. The van der Waals surface area contributed by atoms with E-state index in [-0.39, 0.29) is 24.7 Å². The van der Waals surface area contributed by atoms with E-state index < -0.39 is 0 Å². The van der Waals surface area contributed by atoms with Crippen LogP contribution in [0, 0.1) is 0 Å². The van der Waals surface area contributed by atoms with Gasteiger partial charge in [-0.1, -0.05) is 23.5 Å². The molecule has 0 amide bonds. The van der Waals surface area contributed by atoms with E-state index in [4.69, 9.17) is 14.7 Å². The summed E-state index contributed by atoms with van der Waals surface area (Å²) in [5.41, 5.74) is 0.820. The van der Waals surface area contributed by atoms with Crippen LogP contribution in [-0.2, 0) is 4.84 Å². The molecular formula is C20H21NO4S. The molecule has 136 valence electrons. The van der Waals surface area contributed by atoms with Crippen LogP contribution in [0.25, 0.3) is 0 Å². The van der Waals surface area contributed by atoms with Crippen molar-refractivity contribution >= 4 is 23.3 Å².